The molecule has 3 aromatic carbocycles. The zero-order valence-corrected chi connectivity index (χ0v) is 14.7. The first-order valence-corrected chi connectivity index (χ1v) is 8.71. The van der Waals surface area contributed by atoms with Gasteiger partial charge in [0, 0.05) is 27.5 Å². The third-order valence-electron chi connectivity index (χ3n) is 5.01. The summed E-state index contributed by atoms with van der Waals surface area (Å²) in [5, 5.41) is 3.62. The number of aryl methyl sites for hydroxylation is 1. The van der Waals surface area contributed by atoms with Crippen LogP contribution in [0.5, 0.6) is 5.75 Å². The van der Waals surface area contributed by atoms with Gasteiger partial charge in [0.1, 0.15) is 5.75 Å². The number of ether oxygens (including phenoxy) is 1. The Morgan fingerprint density at radius 2 is 1.50 bits per heavy atom. The molecule has 126 valence electrons. The van der Waals surface area contributed by atoms with Crippen molar-refractivity contribution >= 4 is 32.7 Å². The van der Waals surface area contributed by atoms with Gasteiger partial charge in [0.2, 0.25) is 0 Å². The Kier molecular flexibility index (Phi) is 3.22. The summed E-state index contributed by atoms with van der Waals surface area (Å²) >= 11 is 0. The predicted octanol–water partition coefficient (Wildman–Crippen LogP) is 5.65. The van der Waals surface area contributed by atoms with Crippen molar-refractivity contribution in [2.75, 3.05) is 7.11 Å². The van der Waals surface area contributed by atoms with Crippen LogP contribution in [-0.4, -0.2) is 16.7 Å². The Labute approximate surface area is 151 Å². The number of benzene rings is 3. The van der Waals surface area contributed by atoms with Crippen LogP contribution in [0.3, 0.4) is 0 Å². The average Bonchev–Trinajstić information content (AvgIpc) is 3.04. The van der Waals surface area contributed by atoms with Crippen molar-refractivity contribution in [3.05, 3.63) is 78.5 Å². The molecule has 0 unspecified atom stereocenters. The monoisotopic (exact) mass is 338 g/mol. The quantitative estimate of drug-likeness (QED) is 0.416. The second kappa shape index (κ2) is 5.60. The van der Waals surface area contributed by atoms with Gasteiger partial charge in [0.05, 0.1) is 23.7 Å². The largest absolute Gasteiger partial charge is 0.497 e. The molecule has 2 heterocycles. The van der Waals surface area contributed by atoms with Crippen LogP contribution < -0.4 is 4.74 Å². The number of nitrogens with zero attached hydrogens (tertiary/aromatic N) is 2. The molecule has 0 bridgehead atoms. The van der Waals surface area contributed by atoms with Gasteiger partial charge in [-0.2, -0.15) is 0 Å². The SMILES string of the molecule is COc1ccc(-n2c3ccccc3c3c(C)nc4ccccc4c32)cc1. The van der Waals surface area contributed by atoms with E-state index in [9.17, 15) is 0 Å². The van der Waals surface area contributed by atoms with Crippen molar-refractivity contribution in [3.63, 3.8) is 0 Å². The van der Waals surface area contributed by atoms with Crippen LogP contribution in [-0.2, 0) is 0 Å². The fraction of sp³-hybridized carbons (Fsp3) is 0.0870. The Balaban J connectivity index is 2.02. The highest BCUT2D eigenvalue weighted by Gasteiger charge is 2.17. The molecule has 3 nitrogen and oxygen atoms in total. The first kappa shape index (κ1) is 15.0. The van der Waals surface area contributed by atoms with Gasteiger partial charge < -0.3 is 9.30 Å². The van der Waals surface area contributed by atoms with Crippen molar-refractivity contribution in [2.45, 2.75) is 6.92 Å². The minimum absolute atomic E-state index is 0.859. The van der Waals surface area contributed by atoms with E-state index in [1.807, 2.05) is 18.2 Å². The summed E-state index contributed by atoms with van der Waals surface area (Å²) in [5.74, 6) is 0.859. The molecule has 0 spiro atoms. The second-order valence-corrected chi connectivity index (χ2v) is 6.49. The van der Waals surface area contributed by atoms with Gasteiger partial charge >= 0.3 is 0 Å². The van der Waals surface area contributed by atoms with Gasteiger partial charge in [-0.25, -0.2) is 0 Å². The van der Waals surface area contributed by atoms with E-state index in [-0.39, 0.29) is 0 Å². The van der Waals surface area contributed by atoms with Crippen LogP contribution in [0, 0.1) is 6.92 Å². The van der Waals surface area contributed by atoms with E-state index in [1.54, 1.807) is 7.11 Å². The molecule has 0 aliphatic heterocycles. The van der Waals surface area contributed by atoms with Crippen LogP contribution in [0.2, 0.25) is 0 Å². The van der Waals surface area contributed by atoms with E-state index in [2.05, 4.69) is 66.1 Å². The van der Waals surface area contributed by atoms with Crippen LogP contribution in [0.1, 0.15) is 5.69 Å². The molecule has 0 N–H and O–H groups in total. The Morgan fingerprint density at radius 3 is 2.27 bits per heavy atom. The number of para-hydroxylation sites is 2. The maximum Gasteiger partial charge on any atom is 0.119 e. The summed E-state index contributed by atoms with van der Waals surface area (Å²) in [6.07, 6.45) is 0. The van der Waals surface area contributed by atoms with Gasteiger partial charge in [-0.15, -0.1) is 0 Å². The highest BCUT2D eigenvalue weighted by molar-refractivity contribution is 6.18. The number of pyridine rings is 1. The topological polar surface area (TPSA) is 27.1 Å². The first-order valence-electron chi connectivity index (χ1n) is 8.71. The number of fused-ring (bicyclic) bond motifs is 5. The average molecular weight is 338 g/mol. The van der Waals surface area contributed by atoms with Gasteiger partial charge in [-0.1, -0.05) is 36.4 Å². The molecular formula is C23H18N2O. The summed E-state index contributed by atoms with van der Waals surface area (Å²) in [4.78, 5) is 4.85. The molecule has 3 heteroatoms. The first-order chi connectivity index (χ1) is 12.8. The van der Waals surface area contributed by atoms with Crippen molar-refractivity contribution in [1.82, 2.24) is 9.55 Å². The van der Waals surface area contributed by atoms with Gasteiger partial charge in [0.15, 0.2) is 0 Å². The molecule has 0 amide bonds. The highest BCUT2D eigenvalue weighted by Crippen LogP contribution is 2.37. The Bertz CT molecular complexity index is 1270. The number of hydrogen-bond donors (Lipinski definition) is 0. The molecule has 0 fully saturated rings. The minimum Gasteiger partial charge on any atom is -0.497 e. The molecule has 2 aromatic heterocycles. The zero-order chi connectivity index (χ0) is 17.7. The smallest absolute Gasteiger partial charge is 0.119 e. The molecule has 0 atom stereocenters. The molecule has 26 heavy (non-hydrogen) atoms. The number of methoxy groups -OCH3 is 1. The van der Waals surface area contributed by atoms with E-state index < -0.39 is 0 Å². The lowest BCUT2D eigenvalue weighted by Gasteiger charge is -2.11. The summed E-state index contributed by atoms with van der Waals surface area (Å²) in [5.41, 5.74) is 5.60. The summed E-state index contributed by atoms with van der Waals surface area (Å²) < 4.78 is 7.67. The molecule has 0 aliphatic rings. The third-order valence-corrected chi connectivity index (χ3v) is 5.01. The van der Waals surface area contributed by atoms with Gasteiger partial charge in [-0.3, -0.25) is 4.98 Å². The van der Waals surface area contributed by atoms with Crippen molar-refractivity contribution in [3.8, 4) is 11.4 Å². The minimum atomic E-state index is 0.859. The van der Waals surface area contributed by atoms with Crippen molar-refractivity contribution in [1.29, 1.82) is 0 Å². The van der Waals surface area contributed by atoms with E-state index in [4.69, 9.17) is 9.72 Å². The lowest BCUT2D eigenvalue weighted by atomic mass is 10.1. The summed E-state index contributed by atoms with van der Waals surface area (Å²) in [6, 6.07) is 25.1. The molecule has 0 saturated heterocycles. The lowest BCUT2D eigenvalue weighted by molar-refractivity contribution is 0.415. The molecule has 5 rings (SSSR count). The summed E-state index contributed by atoms with van der Waals surface area (Å²) in [6.45, 7) is 2.10. The standard InChI is InChI=1S/C23H18N2O/c1-15-22-19-8-4-6-10-21(19)25(16-11-13-17(26-2)14-12-16)23(22)18-7-3-5-9-20(18)24-15/h3-14H,1-2H3. The van der Waals surface area contributed by atoms with E-state index in [0.717, 1.165) is 22.6 Å². The fourth-order valence-corrected chi connectivity index (χ4v) is 3.87. The molecule has 0 radical (unpaired) electrons. The molecule has 5 aromatic rings. The van der Waals surface area contributed by atoms with Crippen LogP contribution in [0.15, 0.2) is 72.8 Å². The predicted molar refractivity (Wildman–Crippen MR) is 107 cm³/mol. The van der Waals surface area contributed by atoms with E-state index in [0.29, 0.717) is 0 Å². The maximum absolute atomic E-state index is 5.33. The molecule has 0 saturated carbocycles. The van der Waals surface area contributed by atoms with Gasteiger partial charge in [0.25, 0.3) is 0 Å². The summed E-state index contributed by atoms with van der Waals surface area (Å²) in [7, 11) is 1.69. The van der Waals surface area contributed by atoms with Crippen LogP contribution in [0.25, 0.3) is 38.4 Å². The zero-order valence-electron chi connectivity index (χ0n) is 14.7. The third kappa shape index (κ3) is 2.04. The molecule has 0 aliphatic carbocycles. The number of aromatic nitrogens is 2. The van der Waals surface area contributed by atoms with Gasteiger partial charge in [-0.05, 0) is 43.3 Å². The van der Waals surface area contributed by atoms with Crippen LogP contribution in [0.4, 0.5) is 0 Å². The van der Waals surface area contributed by atoms with E-state index in [1.165, 1.54) is 27.2 Å². The second-order valence-electron chi connectivity index (χ2n) is 6.49. The van der Waals surface area contributed by atoms with Crippen molar-refractivity contribution in [2.24, 2.45) is 0 Å². The number of hydrogen-bond acceptors (Lipinski definition) is 2. The highest BCUT2D eigenvalue weighted by atomic mass is 16.5. The number of rotatable bonds is 2. The van der Waals surface area contributed by atoms with E-state index >= 15 is 0 Å². The Hall–Kier alpha value is -3.33. The lowest BCUT2D eigenvalue weighted by Crippen LogP contribution is -1.96. The fourth-order valence-electron chi connectivity index (χ4n) is 3.87. The molecular weight excluding hydrogens is 320 g/mol. The van der Waals surface area contributed by atoms with Crippen LogP contribution >= 0.6 is 0 Å². The normalized spacial score (nSPS) is 11.5. The maximum atomic E-state index is 5.33. The van der Waals surface area contributed by atoms with Crippen molar-refractivity contribution < 1.29 is 4.74 Å². The Morgan fingerprint density at radius 1 is 0.808 bits per heavy atom.